The van der Waals surface area contributed by atoms with E-state index >= 15 is 0 Å². The molecule has 0 aliphatic heterocycles. The van der Waals surface area contributed by atoms with Crippen molar-refractivity contribution in [3.8, 4) is 6.07 Å². The van der Waals surface area contributed by atoms with E-state index in [1.807, 2.05) is 28.2 Å². The molecule has 2 aromatic carbocycles. The van der Waals surface area contributed by atoms with E-state index in [9.17, 15) is 5.11 Å². The normalized spacial score (nSPS) is 12.3. The smallest absolute Gasteiger partial charge is 0.120 e. The molecule has 6 heteroatoms. The van der Waals surface area contributed by atoms with Crippen LogP contribution in [0.4, 0.5) is 0 Å². The lowest BCUT2D eigenvalue weighted by Crippen LogP contribution is -2.03. The summed E-state index contributed by atoms with van der Waals surface area (Å²) in [5.41, 5.74) is 3.23. The number of aliphatic hydroxyl groups is 1. The van der Waals surface area contributed by atoms with Crippen molar-refractivity contribution in [1.82, 2.24) is 3.97 Å². The minimum Gasteiger partial charge on any atom is -0.382 e. The van der Waals surface area contributed by atoms with E-state index in [4.69, 9.17) is 5.26 Å². The predicted octanol–water partition coefficient (Wildman–Crippen LogP) is 5.20. The van der Waals surface area contributed by atoms with Crippen LogP contribution >= 0.6 is 46.3 Å². The fraction of sp³-hybridized carbons (Fsp3) is 0.0625. The highest BCUT2D eigenvalue weighted by Crippen LogP contribution is 2.35. The molecule has 1 aromatic heterocycles. The fourth-order valence-electron chi connectivity index (χ4n) is 2.36. The third kappa shape index (κ3) is 2.91. The van der Waals surface area contributed by atoms with Gasteiger partial charge < -0.3 is 5.11 Å². The Hall–Kier alpha value is -1.01. The first-order valence-electron chi connectivity index (χ1n) is 6.42. The zero-order valence-corrected chi connectivity index (χ0v) is 15.8. The SMILES string of the molecule is N#Cc1ccc(C(O)c2cc3cc(Br)ccc3n2SI)cc1. The molecular formula is C16H10BrIN2OS. The Morgan fingerprint density at radius 1 is 1.18 bits per heavy atom. The van der Waals surface area contributed by atoms with Crippen molar-refractivity contribution in [2.24, 2.45) is 0 Å². The minimum atomic E-state index is -0.735. The van der Waals surface area contributed by atoms with Crippen LogP contribution in [-0.2, 0) is 0 Å². The summed E-state index contributed by atoms with van der Waals surface area (Å²) in [6.45, 7) is 0. The van der Waals surface area contributed by atoms with Gasteiger partial charge in [-0.3, -0.25) is 3.97 Å². The lowest BCUT2D eigenvalue weighted by atomic mass is 10.0. The molecule has 0 bridgehead atoms. The molecule has 1 atom stereocenters. The van der Waals surface area contributed by atoms with Gasteiger partial charge in [-0.05, 0) is 42.0 Å². The quantitative estimate of drug-likeness (QED) is 0.519. The lowest BCUT2D eigenvalue weighted by Gasteiger charge is -2.13. The number of benzene rings is 2. The molecule has 0 spiro atoms. The number of halogens is 2. The van der Waals surface area contributed by atoms with E-state index in [-0.39, 0.29) is 0 Å². The second kappa shape index (κ2) is 6.62. The molecule has 1 N–H and O–H groups in total. The number of aliphatic hydroxyl groups excluding tert-OH is 1. The van der Waals surface area contributed by atoms with Crippen molar-refractivity contribution in [2.45, 2.75) is 6.10 Å². The maximum Gasteiger partial charge on any atom is 0.120 e. The van der Waals surface area contributed by atoms with Gasteiger partial charge in [0, 0.05) is 40.2 Å². The molecule has 0 saturated carbocycles. The Morgan fingerprint density at radius 2 is 1.91 bits per heavy atom. The molecule has 0 aliphatic carbocycles. The lowest BCUT2D eigenvalue weighted by molar-refractivity contribution is 0.215. The summed E-state index contributed by atoms with van der Waals surface area (Å²) in [4.78, 5) is 0. The average Bonchev–Trinajstić information content (AvgIpc) is 2.91. The van der Waals surface area contributed by atoms with Crippen molar-refractivity contribution < 1.29 is 5.11 Å². The van der Waals surface area contributed by atoms with Crippen LogP contribution < -0.4 is 0 Å². The number of hydrogen-bond acceptors (Lipinski definition) is 3. The van der Waals surface area contributed by atoms with Gasteiger partial charge >= 0.3 is 0 Å². The Labute approximate surface area is 152 Å². The maximum absolute atomic E-state index is 10.7. The second-order valence-electron chi connectivity index (χ2n) is 4.77. The average molecular weight is 485 g/mol. The summed E-state index contributed by atoms with van der Waals surface area (Å²) in [6.07, 6.45) is -0.735. The highest BCUT2D eigenvalue weighted by Gasteiger charge is 2.18. The molecule has 3 nitrogen and oxygen atoms in total. The van der Waals surface area contributed by atoms with Gasteiger partial charge in [-0.2, -0.15) is 5.26 Å². The number of nitrogens with zero attached hydrogens (tertiary/aromatic N) is 2. The standard InChI is InChI=1S/C16H10BrIN2OS/c17-13-5-6-14-12(7-13)8-15(20(14)22-18)16(21)11-3-1-10(9-19)2-4-11/h1-8,16,21H. The summed E-state index contributed by atoms with van der Waals surface area (Å²) < 4.78 is 3.03. The van der Waals surface area contributed by atoms with Crippen molar-refractivity contribution in [3.63, 3.8) is 0 Å². The highest BCUT2D eigenvalue weighted by atomic mass is 127. The zero-order valence-electron chi connectivity index (χ0n) is 11.2. The summed E-state index contributed by atoms with van der Waals surface area (Å²) in [6, 6.07) is 17.2. The first-order chi connectivity index (χ1) is 10.6. The third-order valence-electron chi connectivity index (χ3n) is 3.45. The topological polar surface area (TPSA) is 48.9 Å². The molecule has 1 heterocycles. The first kappa shape index (κ1) is 15.9. The molecule has 0 radical (unpaired) electrons. The van der Waals surface area contributed by atoms with Crippen LogP contribution in [0.1, 0.15) is 22.9 Å². The van der Waals surface area contributed by atoms with Gasteiger partial charge in [0.05, 0.1) is 22.8 Å². The van der Waals surface area contributed by atoms with E-state index < -0.39 is 6.10 Å². The van der Waals surface area contributed by atoms with Crippen molar-refractivity contribution in [3.05, 3.63) is 69.8 Å². The monoisotopic (exact) mass is 484 g/mol. The summed E-state index contributed by atoms with van der Waals surface area (Å²) in [5, 5.41) is 20.6. The van der Waals surface area contributed by atoms with Crippen LogP contribution in [-0.4, -0.2) is 9.08 Å². The molecule has 3 rings (SSSR count). The number of nitriles is 1. The maximum atomic E-state index is 10.7. The molecule has 3 aromatic rings. The van der Waals surface area contributed by atoms with Gasteiger partial charge in [0.1, 0.15) is 6.10 Å². The third-order valence-corrected chi connectivity index (χ3v) is 5.67. The van der Waals surface area contributed by atoms with Crippen LogP contribution in [0.2, 0.25) is 0 Å². The molecule has 0 amide bonds. The van der Waals surface area contributed by atoms with Crippen LogP contribution in [0, 0.1) is 11.3 Å². The largest absolute Gasteiger partial charge is 0.382 e. The number of aromatic nitrogens is 1. The van der Waals surface area contributed by atoms with Gasteiger partial charge in [0.2, 0.25) is 0 Å². The van der Waals surface area contributed by atoms with Gasteiger partial charge in [0.15, 0.2) is 0 Å². The summed E-state index contributed by atoms with van der Waals surface area (Å²) >= 11 is 5.69. The Kier molecular flexibility index (Phi) is 4.78. The van der Waals surface area contributed by atoms with Gasteiger partial charge in [-0.1, -0.05) is 28.1 Å². The van der Waals surface area contributed by atoms with Crippen LogP contribution in [0.15, 0.2) is 53.0 Å². The van der Waals surface area contributed by atoms with E-state index in [1.165, 1.54) is 9.12 Å². The van der Waals surface area contributed by atoms with E-state index in [0.29, 0.717) is 5.56 Å². The van der Waals surface area contributed by atoms with E-state index in [2.05, 4.69) is 43.2 Å². The number of rotatable bonds is 3. The molecule has 0 aliphatic rings. The predicted molar refractivity (Wildman–Crippen MR) is 102 cm³/mol. The van der Waals surface area contributed by atoms with Crippen molar-refractivity contribution in [1.29, 1.82) is 5.26 Å². The minimum absolute atomic E-state index is 0.587. The Bertz CT molecular complexity index is 870. The van der Waals surface area contributed by atoms with Crippen LogP contribution in [0.3, 0.4) is 0 Å². The van der Waals surface area contributed by atoms with E-state index in [1.54, 1.807) is 24.3 Å². The van der Waals surface area contributed by atoms with E-state index in [0.717, 1.165) is 26.6 Å². The van der Waals surface area contributed by atoms with Crippen LogP contribution in [0.5, 0.6) is 0 Å². The summed E-state index contributed by atoms with van der Waals surface area (Å²) in [7, 11) is 1.53. The molecule has 22 heavy (non-hydrogen) atoms. The molecule has 0 fully saturated rings. The molecule has 1 unspecified atom stereocenters. The highest BCUT2D eigenvalue weighted by molar-refractivity contribution is 14.2. The molecular weight excluding hydrogens is 475 g/mol. The Balaban J connectivity index is 2.09. The zero-order chi connectivity index (χ0) is 15.7. The molecule has 0 saturated heterocycles. The second-order valence-corrected chi connectivity index (χ2v) is 7.37. The number of fused-ring (bicyclic) bond motifs is 1. The first-order valence-corrected chi connectivity index (χ1v) is 10.5. The van der Waals surface area contributed by atoms with Crippen molar-refractivity contribution >= 4 is 57.2 Å². The van der Waals surface area contributed by atoms with Crippen LogP contribution in [0.25, 0.3) is 10.9 Å². The van der Waals surface area contributed by atoms with Crippen molar-refractivity contribution in [2.75, 3.05) is 0 Å². The summed E-state index contributed by atoms with van der Waals surface area (Å²) in [5.74, 6) is 0. The Morgan fingerprint density at radius 3 is 2.55 bits per heavy atom. The number of hydrogen-bond donors (Lipinski definition) is 1. The fourth-order valence-corrected chi connectivity index (χ4v) is 4.53. The van der Waals surface area contributed by atoms with Gasteiger partial charge in [-0.25, -0.2) is 0 Å². The molecule has 110 valence electrons. The van der Waals surface area contributed by atoms with Gasteiger partial charge in [-0.15, -0.1) is 0 Å². The van der Waals surface area contributed by atoms with Gasteiger partial charge in [0.25, 0.3) is 0 Å².